The van der Waals surface area contributed by atoms with Crippen molar-refractivity contribution in [1.82, 2.24) is 14.8 Å². The van der Waals surface area contributed by atoms with Gasteiger partial charge in [0.1, 0.15) is 0 Å². The maximum absolute atomic E-state index is 12.7. The van der Waals surface area contributed by atoms with E-state index in [1.807, 2.05) is 30.0 Å². The molecule has 0 unspecified atom stereocenters. The molecule has 0 bridgehead atoms. The number of amides is 1. The molecule has 0 atom stereocenters. The van der Waals surface area contributed by atoms with Gasteiger partial charge in [-0.3, -0.25) is 14.4 Å². The molecule has 0 aliphatic carbocycles. The third-order valence-corrected chi connectivity index (χ3v) is 7.96. The van der Waals surface area contributed by atoms with Gasteiger partial charge < -0.3 is 4.90 Å². The number of nitrogens with zero attached hydrogens (tertiary/aromatic N) is 3. The number of sulfonamides is 1. The second-order valence-electron chi connectivity index (χ2n) is 8.21. The fourth-order valence-electron chi connectivity index (χ4n) is 3.75. The molecule has 1 aromatic heterocycles. The van der Waals surface area contributed by atoms with Crippen molar-refractivity contribution in [2.24, 2.45) is 0 Å². The van der Waals surface area contributed by atoms with E-state index >= 15 is 0 Å². The van der Waals surface area contributed by atoms with Crippen LogP contribution in [0.2, 0.25) is 0 Å². The summed E-state index contributed by atoms with van der Waals surface area (Å²) in [5, 5.41) is 2.12. The Morgan fingerprint density at radius 2 is 1.73 bits per heavy atom. The quantitative estimate of drug-likeness (QED) is 0.529. The number of aryl methyl sites for hydroxylation is 2. The van der Waals surface area contributed by atoms with Gasteiger partial charge in [0.15, 0.2) is 5.13 Å². The molecule has 1 amide bonds. The normalized spacial score (nSPS) is 14.9. The van der Waals surface area contributed by atoms with Crippen LogP contribution in [0.25, 0.3) is 0 Å². The van der Waals surface area contributed by atoms with E-state index in [0.29, 0.717) is 18.0 Å². The first kappa shape index (κ1) is 23.4. The van der Waals surface area contributed by atoms with E-state index in [1.54, 1.807) is 29.6 Å². The third-order valence-electron chi connectivity index (χ3n) is 5.67. The highest BCUT2D eigenvalue weighted by molar-refractivity contribution is 7.93. The summed E-state index contributed by atoms with van der Waals surface area (Å²) in [5.41, 5.74) is 3.00. The number of thiazole rings is 1. The second kappa shape index (κ2) is 10.5. The molecule has 3 aromatic rings. The number of piperazine rings is 1. The minimum atomic E-state index is -3.68. The summed E-state index contributed by atoms with van der Waals surface area (Å²) in [6, 6.07) is 17.0. The van der Waals surface area contributed by atoms with Gasteiger partial charge in [-0.05, 0) is 31.0 Å². The van der Waals surface area contributed by atoms with Gasteiger partial charge in [0.05, 0.1) is 10.6 Å². The van der Waals surface area contributed by atoms with E-state index in [4.69, 9.17) is 0 Å². The fraction of sp³-hybridized carbons (Fsp3) is 0.333. The molecule has 1 N–H and O–H groups in total. The van der Waals surface area contributed by atoms with E-state index in [0.717, 1.165) is 44.0 Å². The van der Waals surface area contributed by atoms with Crippen molar-refractivity contribution in [2.45, 2.75) is 31.2 Å². The van der Waals surface area contributed by atoms with Crippen LogP contribution in [0.15, 0.2) is 64.9 Å². The molecule has 1 aliphatic rings. The number of carbonyl (C=O) groups is 1. The van der Waals surface area contributed by atoms with Crippen molar-refractivity contribution < 1.29 is 13.2 Å². The number of anilines is 1. The molecule has 2 heterocycles. The Hall–Kier alpha value is -2.75. The SMILES string of the molecule is Cc1ccc(S(=O)(=O)Nc2nc(CCC(=O)N3CCN(Cc4ccccc4)CC3)cs2)cc1. The fourth-order valence-corrected chi connectivity index (χ4v) is 5.75. The van der Waals surface area contributed by atoms with Gasteiger partial charge >= 0.3 is 0 Å². The van der Waals surface area contributed by atoms with E-state index in [9.17, 15) is 13.2 Å². The molecule has 33 heavy (non-hydrogen) atoms. The molecule has 1 aliphatic heterocycles. The largest absolute Gasteiger partial charge is 0.340 e. The molecule has 7 nitrogen and oxygen atoms in total. The molecule has 0 spiro atoms. The Kier molecular flexibility index (Phi) is 7.42. The van der Waals surface area contributed by atoms with Crippen molar-refractivity contribution >= 4 is 32.4 Å². The molecule has 4 rings (SSSR count). The molecule has 2 aromatic carbocycles. The van der Waals surface area contributed by atoms with E-state index in [1.165, 1.54) is 16.9 Å². The van der Waals surface area contributed by atoms with Crippen LogP contribution in [-0.4, -0.2) is 55.3 Å². The molecule has 1 fully saturated rings. The van der Waals surface area contributed by atoms with Crippen LogP contribution < -0.4 is 4.72 Å². The number of nitrogens with one attached hydrogen (secondary N) is 1. The Labute approximate surface area is 199 Å². The monoisotopic (exact) mass is 484 g/mol. The zero-order valence-corrected chi connectivity index (χ0v) is 20.2. The van der Waals surface area contributed by atoms with Crippen LogP contribution in [0.4, 0.5) is 5.13 Å². The Morgan fingerprint density at radius 3 is 2.42 bits per heavy atom. The molecule has 9 heteroatoms. The number of benzene rings is 2. The summed E-state index contributed by atoms with van der Waals surface area (Å²) < 4.78 is 27.6. The van der Waals surface area contributed by atoms with Gasteiger partial charge in [0, 0.05) is 44.5 Å². The van der Waals surface area contributed by atoms with E-state index in [2.05, 4.69) is 26.7 Å². The van der Waals surface area contributed by atoms with Gasteiger partial charge in [0.2, 0.25) is 5.91 Å². The second-order valence-corrected chi connectivity index (χ2v) is 10.7. The highest BCUT2D eigenvalue weighted by Gasteiger charge is 2.21. The predicted octanol–water partition coefficient (Wildman–Crippen LogP) is 3.53. The lowest BCUT2D eigenvalue weighted by molar-refractivity contribution is -0.133. The standard InChI is InChI=1S/C24H28N4O3S2/c1-19-7-10-22(11-8-19)33(30,31)26-24-25-21(18-32-24)9-12-23(29)28-15-13-27(14-16-28)17-20-5-3-2-4-6-20/h2-8,10-11,18H,9,12-17H2,1H3,(H,25,26). The summed E-state index contributed by atoms with van der Waals surface area (Å²) >= 11 is 1.23. The van der Waals surface area contributed by atoms with Crippen molar-refractivity contribution in [3.8, 4) is 0 Å². The number of hydrogen-bond donors (Lipinski definition) is 1. The topological polar surface area (TPSA) is 82.6 Å². The maximum Gasteiger partial charge on any atom is 0.263 e. The van der Waals surface area contributed by atoms with Crippen LogP contribution >= 0.6 is 11.3 Å². The molecular formula is C24H28N4O3S2. The number of carbonyl (C=O) groups excluding carboxylic acids is 1. The molecule has 1 saturated heterocycles. The Balaban J connectivity index is 1.24. The summed E-state index contributed by atoms with van der Waals surface area (Å²) in [6.07, 6.45) is 0.860. The van der Waals surface area contributed by atoms with Gasteiger partial charge in [-0.25, -0.2) is 13.4 Å². The first-order chi connectivity index (χ1) is 15.9. The van der Waals surface area contributed by atoms with Gasteiger partial charge in [0.25, 0.3) is 10.0 Å². The van der Waals surface area contributed by atoms with Crippen molar-refractivity contribution in [1.29, 1.82) is 0 Å². The summed E-state index contributed by atoms with van der Waals surface area (Å²) in [4.78, 5) is 21.5. The van der Waals surface area contributed by atoms with Crippen molar-refractivity contribution in [3.63, 3.8) is 0 Å². The average Bonchev–Trinajstić information content (AvgIpc) is 3.25. The smallest absolute Gasteiger partial charge is 0.263 e. The van der Waals surface area contributed by atoms with Gasteiger partial charge in [-0.1, -0.05) is 48.0 Å². The molecule has 0 radical (unpaired) electrons. The van der Waals surface area contributed by atoms with Gasteiger partial charge in [-0.15, -0.1) is 11.3 Å². The zero-order valence-electron chi connectivity index (χ0n) is 18.6. The predicted molar refractivity (Wildman–Crippen MR) is 131 cm³/mol. The maximum atomic E-state index is 12.7. The first-order valence-electron chi connectivity index (χ1n) is 11.0. The number of hydrogen-bond acceptors (Lipinski definition) is 6. The Morgan fingerprint density at radius 1 is 1.03 bits per heavy atom. The van der Waals surface area contributed by atoms with E-state index in [-0.39, 0.29) is 10.8 Å². The first-order valence-corrected chi connectivity index (χ1v) is 13.3. The van der Waals surface area contributed by atoms with Gasteiger partial charge in [-0.2, -0.15) is 0 Å². The zero-order chi connectivity index (χ0) is 23.3. The van der Waals surface area contributed by atoms with Crippen LogP contribution in [0.5, 0.6) is 0 Å². The van der Waals surface area contributed by atoms with E-state index < -0.39 is 10.0 Å². The summed E-state index contributed by atoms with van der Waals surface area (Å²) in [6.45, 7) is 5.99. The number of rotatable bonds is 8. The van der Waals surface area contributed by atoms with Crippen molar-refractivity contribution in [2.75, 3.05) is 30.9 Å². The van der Waals surface area contributed by atoms with Crippen molar-refractivity contribution in [3.05, 3.63) is 76.8 Å². The summed E-state index contributed by atoms with van der Waals surface area (Å²) in [5.74, 6) is 0.115. The number of aromatic nitrogens is 1. The van der Waals surface area contributed by atoms with Crippen LogP contribution in [0.1, 0.15) is 23.2 Å². The highest BCUT2D eigenvalue weighted by atomic mass is 32.2. The molecule has 174 valence electrons. The minimum Gasteiger partial charge on any atom is -0.340 e. The summed E-state index contributed by atoms with van der Waals surface area (Å²) in [7, 11) is -3.68. The molecule has 0 saturated carbocycles. The lowest BCUT2D eigenvalue weighted by atomic mass is 10.2. The lowest BCUT2D eigenvalue weighted by Crippen LogP contribution is -2.48. The minimum absolute atomic E-state index is 0.115. The Bertz CT molecular complexity index is 1170. The lowest BCUT2D eigenvalue weighted by Gasteiger charge is -2.34. The molecular weight excluding hydrogens is 456 g/mol. The average molecular weight is 485 g/mol. The highest BCUT2D eigenvalue weighted by Crippen LogP contribution is 2.21. The van der Waals surface area contributed by atoms with Crippen LogP contribution in [0, 0.1) is 6.92 Å². The third kappa shape index (κ3) is 6.40. The van der Waals surface area contributed by atoms with Crippen LogP contribution in [-0.2, 0) is 27.8 Å². The van der Waals surface area contributed by atoms with Crippen LogP contribution in [0.3, 0.4) is 0 Å².